The smallest absolute Gasteiger partial charge is 0.182 e. The molecule has 3 nitrogen and oxygen atoms in total. The fraction of sp³-hybridized carbons (Fsp3) is 0.300. The highest BCUT2D eigenvalue weighted by molar-refractivity contribution is 7.15. The molecular weight excluding hydrogens is 226 g/mol. The third kappa shape index (κ3) is 3.02. The number of thiazole rings is 1. The first kappa shape index (κ1) is 10.6. The van der Waals surface area contributed by atoms with Gasteiger partial charge in [0.2, 0.25) is 0 Å². The Morgan fingerprint density at radius 3 is 3.00 bits per heavy atom. The molecule has 2 aromatic rings. The summed E-state index contributed by atoms with van der Waals surface area (Å²) in [4.78, 5) is 6.76. The molecule has 2 heterocycles. The predicted molar refractivity (Wildman–Crippen MR) is 66.5 cm³/mol. The molecule has 5 heteroatoms. The summed E-state index contributed by atoms with van der Waals surface area (Å²) in [6, 6.07) is 4.23. The molecule has 80 valence electrons. The molecule has 0 radical (unpaired) electrons. The van der Waals surface area contributed by atoms with E-state index in [0.29, 0.717) is 6.54 Å². The Morgan fingerprint density at radius 2 is 2.33 bits per heavy atom. The molecule has 15 heavy (non-hydrogen) atoms. The van der Waals surface area contributed by atoms with Crippen LogP contribution in [0, 0.1) is 0 Å². The van der Waals surface area contributed by atoms with Gasteiger partial charge in [-0.1, -0.05) is 6.07 Å². The van der Waals surface area contributed by atoms with E-state index < -0.39 is 0 Å². The van der Waals surface area contributed by atoms with Crippen LogP contribution in [0.2, 0.25) is 0 Å². The molecule has 0 aliphatic carbocycles. The summed E-state index contributed by atoms with van der Waals surface area (Å²) >= 11 is 3.42. The van der Waals surface area contributed by atoms with Crippen LogP contribution in [0.5, 0.6) is 0 Å². The van der Waals surface area contributed by atoms with Crippen molar-refractivity contribution in [3.63, 3.8) is 0 Å². The predicted octanol–water partition coefficient (Wildman–Crippen LogP) is 2.32. The normalized spacial score (nSPS) is 10.5. The fourth-order valence-corrected chi connectivity index (χ4v) is 2.66. The number of thiophene rings is 1. The zero-order chi connectivity index (χ0) is 10.5. The Balaban J connectivity index is 1.78. The lowest BCUT2D eigenvalue weighted by Gasteiger charge is -1.99. The van der Waals surface area contributed by atoms with Gasteiger partial charge >= 0.3 is 0 Å². The first-order valence-corrected chi connectivity index (χ1v) is 6.49. The highest BCUT2D eigenvalue weighted by Crippen LogP contribution is 2.17. The number of hydrogen-bond acceptors (Lipinski definition) is 5. The van der Waals surface area contributed by atoms with E-state index in [1.54, 1.807) is 22.7 Å². The second kappa shape index (κ2) is 5.25. The minimum absolute atomic E-state index is 0.574. The van der Waals surface area contributed by atoms with Crippen molar-refractivity contribution in [2.75, 3.05) is 11.9 Å². The molecule has 0 saturated heterocycles. The Bertz CT molecular complexity index is 394. The van der Waals surface area contributed by atoms with Gasteiger partial charge in [-0.25, -0.2) is 4.98 Å². The van der Waals surface area contributed by atoms with E-state index in [0.717, 1.165) is 23.0 Å². The number of nitrogens with one attached hydrogen (secondary N) is 1. The standard InChI is InChI=1S/C10H13N3S2/c11-6-9-7-13-10(15-9)12-4-3-8-2-1-5-14-8/h1-2,5,7H,3-4,6,11H2,(H,12,13). The largest absolute Gasteiger partial charge is 0.361 e. The van der Waals surface area contributed by atoms with E-state index in [1.807, 2.05) is 6.20 Å². The number of rotatable bonds is 5. The van der Waals surface area contributed by atoms with E-state index in [-0.39, 0.29) is 0 Å². The maximum atomic E-state index is 5.51. The van der Waals surface area contributed by atoms with Crippen molar-refractivity contribution in [1.82, 2.24) is 4.98 Å². The van der Waals surface area contributed by atoms with Crippen molar-refractivity contribution >= 4 is 27.8 Å². The van der Waals surface area contributed by atoms with Gasteiger partial charge in [-0.2, -0.15) is 0 Å². The average Bonchev–Trinajstić information content (AvgIpc) is 2.88. The number of anilines is 1. The van der Waals surface area contributed by atoms with Gasteiger partial charge in [-0.3, -0.25) is 0 Å². The van der Waals surface area contributed by atoms with Gasteiger partial charge < -0.3 is 11.1 Å². The molecule has 0 atom stereocenters. The van der Waals surface area contributed by atoms with Gasteiger partial charge in [-0.05, 0) is 17.9 Å². The molecule has 2 rings (SSSR count). The zero-order valence-electron chi connectivity index (χ0n) is 8.27. The fourth-order valence-electron chi connectivity index (χ4n) is 1.23. The maximum Gasteiger partial charge on any atom is 0.182 e. The monoisotopic (exact) mass is 239 g/mol. The average molecular weight is 239 g/mol. The van der Waals surface area contributed by atoms with Crippen molar-refractivity contribution < 1.29 is 0 Å². The summed E-state index contributed by atoms with van der Waals surface area (Å²) in [5.74, 6) is 0. The van der Waals surface area contributed by atoms with Crippen molar-refractivity contribution in [2.45, 2.75) is 13.0 Å². The van der Waals surface area contributed by atoms with Crippen molar-refractivity contribution in [3.8, 4) is 0 Å². The van der Waals surface area contributed by atoms with Crippen LogP contribution in [0.3, 0.4) is 0 Å². The van der Waals surface area contributed by atoms with Gasteiger partial charge in [-0.15, -0.1) is 22.7 Å². The molecule has 0 unspecified atom stereocenters. The highest BCUT2D eigenvalue weighted by atomic mass is 32.1. The lowest BCUT2D eigenvalue weighted by Crippen LogP contribution is -2.02. The van der Waals surface area contributed by atoms with Crippen LogP contribution in [0.25, 0.3) is 0 Å². The third-order valence-corrected chi connectivity index (χ3v) is 3.90. The Morgan fingerprint density at radius 1 is 1.40 bits per heavy atom. The first-order valence-electron chi connectivity index (χ1n) is 4.79. The molecule has 0 aromatic carbocycles. The first-order chi connectivity index (χ1) is 7.38. The lowest BCUT2D eigenvalue weighted by molar-refractivity contribution is 1.04. The number of aromatic nitrogens is 1. The quantitative estimate of drug-likeness (QED) is 0.842. The van der Waals surface area contributed by atoms with Crippen LogP contribution in [-0.2, 0) is 13.0 Å². The summed E-state index contributed by atoms with van der Waals surface area (Å²) in [7, 11) is 0. The second-order valence-corrected chi connectivity index (χ2v) is 5.24. The summed E-state index contributed by atoms with van der Waals surface area (Å²) in [5, 5.41) is 6.36. The van der Waals surface area contributed by atoms with Crippen LogP contribution >= 0.6 is 22.7 Å². The topological polar surface area (TPSA) is 50.9 Å². The second-order valence-electron chi connectivity index (χ2n) is 3.09. The van der Waals surface area contributed by atoms with E-state index in [4.69, 9.17) is 5.73 Å². The molecule has 0 amide bonds. The Hall–Kier alpha value is -0.910. The number of nitrogens with zero attached hydrogens (tertiary/aromatic N) is 1. The Labute approximate surface area is 97.0 Å². The molecular formula is C10H13N3S2. The number of nitrogens with two attached hydrogens (primary N) is 1. The molecule has 0 aliphatic heterocycles. The van der Waals surface area contributed by atoms with Crippen molar-refractivity contribution in [3.05, 3.63) is 33.5 Å². The number of hydrogen-bond donors (Lipinski definition) is 2. The molecule has 0 fully saturated rings. The summed E-state index contributed by atoms with van der Waals surface area (Å²) in [6.45, 7) is 1.50. The van der Waals surface area contributed by atoms with Gasteiger partial charge in [0, 0.05) is 29.0 Å². The summed E-state index contributed by atoms with van der Waals surface area (Å²) < 4.78 is 0. The lowest BCUT2D eigenvalue weighted by atomic mass is 10.3. The van der Waals surface area contributed by atoms with Gasteiger partial charge in [0.05, 0.1) is 0 Å². The summed E-state index contributed by atoms with van der Waals surface area (Å²) in [6.07, 6.45) is 2.88. The third-order valence-electron chi connectivity index (χ3n) is 1.98. The van der Waals surface area contributed by atoms with E-state index in [2.05, 4.69) is 27.8 Å². The molecule has 0 spiro atoms. The van der Waals surface area contributed by atoms with Gasteiger partial charge in [0.15, 0.2) is 5.13 Å². The van der Waals surface area contributed by atoms with Crippen molar-refractivity contribution in [2.24, 2.45) is 5.73 Å². The van der Waals surface area contributed by atoms with Crippen LogP contribution in [0.1, 0.15) is 9.75 Å². The van der Waals surface area contributed by atoms with Gasteiger partial charge in [0.25, 0.3) is 0 Å². The highest BCUT2D eigenvalue weighted by Gasteiger charge is 1.99. The van der Waals surface area contributed by atoms with Gasteiger partial charge in [0.1, 0.15) is 0 Å². The SMILES string of the molecule is NCc1cnc(NCCc2cccs2)s1. The van der Waals surface area contributed by atoms with Crippen LogP contribution < -0.4 is 11.1 Å². The summed E-state index contributed by atoms with van der Waals surface area (Å²) in [5.41, 5.74) is 5.51. The molecule has 0 aliphatic rings. The molecule has 3 N–H and O–H groups in total. The van der Waals surface area contributed by atoms with Crippen LogP contribution in [0.4, 0.5) is 5.13 Å². The Kier molecular flexibility index (Phi) is 3.71. The maximum absolute atomic E-state index is 5.51. The van der Waals surface area contributed by atoms with E-state index >= 15 is 0 Å². The van der Waals surface area contributed by atoms with Crippen molar-refractivity contribution in [1.29, 1.82) is 0 Å². The van der Waals surface area contributed by atoms with E-state index in [1.165, 1.54) is 4.88 Å². The van der Waals surface area contributed by atoms with Crippen LogP contribution in [0.15, 0.2) is 23.7 Å². The molecule has 0 saturated carbocycles. The molecule has 0 bridgehead atoms. The van der Waals surface area contributed by atoms with Crippen LogP contribution in [-0.4, -0.2) is 11.5 Å². The zero-order valence-corrected chi connectivity index (χ0v) is 9.90. The van der Waals surface area contributed by atoms with E-state index in [9.17, 15) is 0 Å². The minimum Gasteiger partial charge on any atom is -0.361 e. The molecule has 2 aromatic heterocycles. The minimum atomic E-state index is 0.574.